The molecule has 0 fully saturated rings. The minimum absolute atomic E-state index is 0.165. The Labute approximate surface area is 211 Å². The highest BCUT2D eigenvalue weighted by atomic mass is 35.5. The maximum absolute atomic E-state index is 13.1. The Morgan fingerprint density at radius 1 is 1.06 bits per heavy atom. The number of carbonyl (C=O) groups is 1. The Morgan fingerprint density at radius 3 is 2.49 bits per heavy atom. The first-order valence-corrected chi connectivity index (χ1v) is 11.2. The molecular formula is C27H18Cl2N2O4. The van der Waals surface area contributed by atoms with Gasteiger partial charge in [0.1, 0.15) is 17.0 Å². The molecule has 6 nitrogen and oxygen atoms in total. The van der Waals surface area contributed by atoms with E-state index in [0.29, 0.717) is 43.9 Å². The van der Waals surface area contributed by atoms with Gasteiger partial charge in [-0.05, 0) is 54.5 Å². The number of carbonyl (C=O) groups excluding carboxylic acids is 1. The van der Waals surface area contributed by atoms with Gasteiger partial charge in [0.05, 0.1) is 23.8 Å². The lowest BCUT2D eigenvalue weighted by molar-refractivity contribution is 0.0728. The van der Waals surface area contributed by atoms with Crippen molar-refractivity contribution in [1.82, 2.24) is 5.16 Å². The van der Waals surface area contributed by atoms with E-state index >= 15 is 0 Å². The summed E-state index contributed by atoms with van der Waals surface area (Å²) in [5.41, 5.74) is 2.86. The molecule has 0 bridgehead atoms. The molecule has 1 aromatic heterocycles. The lowest BCUT2D eigenvalue weighted by Crippen LogP contribution is -2.11. The van der Waals surface area contributed by atoms with Gasteiger partial charge in [0.25, 0.3) is 0 Å². The number of hydrogen-bond acceptors (Lipinski definition) is 6. The predicted molar refractivity (Wildman–Crippen MR) is 135 cm³/mol. The first kappa shape index (κ1) is 24.1. The van der Waals surface area contributed by atoms with E-state index in [-0.39, 0.29) is 11.3 Å². The van der Waals surface area contributed by atoms with Gasteiger partial charge in [-0.1, -0.05) is 64.8 Å². The largest absolute Gasteiger partial charge is 0.493 e. The second kappa shape index (κ2) is 10.5. The number of benzene rings is 3. The number of nitrogens with zero attached hydrogens (tertiary/aromatic N) is 2. The number of ether oxygens (including phenoxy) is 2. The van der Waals surface area contributed by atoms with Crippen LogP contribution in [0, 0.1) is 18.3 Å². The van der Waals surface area contributed by atoms with Crippen molar-refractivity contribution in [2.75, 3.05) is 7.11 Å². The van der Waals surface area contributed by atoms with Crippen molar-refractivity contribution >= 4 is 40.8 Å². The van der Waals surface area contributed by atoms with Crippen molar-refractivity contribution in [3.63, 3.8) is 0 Å². The van der Waals surface area contributed by atoms with E-state index in [9.17, 15) is 10.1 Å². The van der Waals surface area contributed by atoms with Crippen molar-refractivity contribution in [3.8, 4) is 28.8 Å². The highest BCUT2D eigenvalue weighted by Crippen LogP contribution is 2.34. The minimum atomic E-state index is -0.667. The summed E-state index contributed by atoms with van der Waals surface area (Å²) >= 11 is 12.2. The lowest BCUT2D eigenvalue weighted by atomic mass is 10.0. The molecule has 0 radical (unpaired) electrons. The van der Waals surface area contributed by atoms with Crippen molar-refractivity contribution in [1.29, 1.82) is 5.26 Å². The summed E-state index contributed by atoms with van der Waals surface area (Å²) in [4.78, 5) is 13.1. The third-order valence-corrected chi connectivity index (χ3v) is 5.75. The summed E-state index contributed by atoms with van der Waals surface area (Å²) in [5, 5.41) is 14.6. The van der Waals surface area contributed by atoms with Crippen LogP contribution in [0.25, 0.3) is 22.9 Å². The monoisotopic (exact) mass is 504 g/mol. The summed E-state index contributed by atoms with van der Waals surface area (Å²) in [6.45, 7) is 1.62. The zero-order valence-electron chi connectivity index (χ0n) is 18.7. The van der Waals surface area contributed by atoms with E-state index in [1.807, 2.05) is 0 Å². The molecule has 0 N–H and O–H groups in total. The molecule has 0 spiro atoms. The molecular weight excluding hydrogens is 487 g/mol. The molecule has 35 heavy (non-hydrogen) atoms. The summed E-state index contributed by atoms with van der Waals surface area (Å²) in [5.74, 6) is 0.142. The molecule has 0 saturated carbocycles. The molecule has 0 atom stereocenters. The van der Waals surface area contributed by atoms with Gasteiger partial charge in [-0.2, -0.15) is 5.26 Å². The molecule has 0 aliphatic rings. The van der Waals surface area contributed by atoms with E-state index in [1.165, 1.54) is 7.11 Å². The summed E-state index contributed by atoms with van der Waals surface area (Å²) in [6, 6.07) is 21.1. The maximum atomic E-state index is 13.1. The van der Waals surface area contributed by atoms with Gasteiger partial charge in [0, 0.05) is 10.6 Å². The zero-order chi connectivity index (χ0) is 24.9. The predicted octanol–water partition coefficient (Wildman–Crippen LogP) is 7.25. The molecule has 0 amide bonds. The van der Waals surface area contributed by atoms with Crippen LogP contribution in [0.4, 0.5) is 0 Å². The Balaban J connectivity index is 1.64. The number of hydrogen-bond donors (Lipinski definition) is 0. The summed E-state index contributed by atoms with van der Waals surface area (Å²) < 4.78 is 16.3. The standard InChI is InChI=1S/C27H18Cl2N2O4/c1-16-25(26(31-35-16)21-5-3-4-6-22(21)29)27(32)34-23-12-7-17(14-24(23)33-2)13-19(15-30)18-8-10-20(28)11-9-18/h3-14H,1-2H3. The van der Waals surface area contributed by atoms with Crippen LogP contribution in [0.5, 0.6) is 11.5 Å². The Kier molecular flexibility index (Phi) is 7.21. The third-order valence-electron chi connectivity index (χ3n) is 5.17. The minimum Gasteiger partial charge on any atom is -0.493 e. The number of rotatable bonds is 6. The summed E-state index contributed by atoms with van der Waals surface area (Å²) in [6.07, 6.45) is 1.71. The van der Waals surface area contributed by atoms with Gasteiger partial charge >= 0.3 is 5.97 Å². The van der Waals surface area contributed by atoms with Gasteiger partial charge in [0.15, 0.2) is 11.5 Å². The van der Waals surface area contributed by atoms with Crippen LogP contribution in [0.3, 0.4) is 0 Å². The molecule has 0 saturated heterocycles. The lowest BCUT2D eigenvalue weighted by Gasteiger charge is -2.11. The van der Waals surface area contributed by atoms with E-state index in [0.717, 1.165) is 5.56 Å². The molecule has 1 heterocycles. The van der Waals surface area contributed by atoms with Gasteiger partial charge < -0.3 is 14.0 Å². The molecule has 3 aromatic carbocycles. The molecule has 174 valence electrons. The zero-order valence-corrected chi connectivity index (χ0v) is 20.2. The molecule has 0 aliphatic heterocycles. The molecule has 4 rings (SSSR count). The number of aromatic nitrogens is 1. The number of halogens is 2. The van der Waals surface area contributed by atoms with Gasteiger partial charge in [0.2, 0.25) is 0 Å². The molecule has 4 aromatic rings. The van der Waals surface area contributed by atoms with Crippen LogP contribution >= 0.6 is 23.2 Å². The van der Waals surface area contributed by atoms with E-state index in [4.69, 9.17) is 37.2 Å². The van der Waals surface area contributed by atoms with Gasteiger partial charge in [-0.3, -0.25) is 0 Å². The third kappa shape index (κ3) is 5.22. The Bertz CT molecular complexity index is 1470. The van der Waals surface area contributed by atoms with Crippen LogP contribution < -0.4 is 9.47 Å². The van der Waals surface area contributed by atoms with Gasteiger partial charge in [-0.25, -0.2) is 4.79 Å². The van der Waals surface area contributed by atoms with Crippen LogP contribution in [0.2, 0.25) is 10.0 Å². The highest BCUT2D eigenvalue weighted by Gasteiger charge is 2.25. The Hall–Kier alpha value is -4.05. The van der Waals surface area contributed by atoms with E-state index in [2.05, 4.69) is 11.2 Å². The molecule has 0 aliphatic carbocycles. The fraction of sp³-hybridized carbons (Fsp3) is 0.0741. The number of aryl methyl sites for hydroxylation is 1. The topological polar surface area (TPSA) is 85.4 Å². The first-order valence-electron chi connectivity index (χ1n) is 10.4. The number of methoxy groups -OCH3 is 1. The van der Waals surface area contributed by atoms with Crippen LogP contribution in [0.1, 0.15) is 27.2 Å². The molecule has 8 heteroatoms. The average molecular weight is 505 g/mol. The second-order valence-corrected chi connectivity index (χ2v) is 8.26. The quantitative estimate of drug-likeness (QED) is 0.119. The van der Waals surface area contributed by atoms with Crippen LogP contribution in [-0.4, -0.2) is 18.2 Å². The summed E-state index contributed by atoms with van der Waals surface area (Å²) in [7, 11) is 1.46. The fourth-order valence-corrected chi connectivity index (χ4v) is 3.79. The number of nitriles is 1. The molecule has 0 unspecified atom stereocenters. The van der Waals surface area contributed by atoms with Crippen molar-refractivity contribution in [2.24, 2.45) is 0 Å². The number of esters is 1. The average Bonchev–Trinajstić information content (AvgIpc) is 3.25. The van der Waals surface area contributed by atoms with E-state index < -0.39 is 5.97 Å². The van der Waals surface area contributed by atoms with Gasteiger partial charge in [-0.15, -0.1) is 0 Å². The smallest absolute Gasteiger partial charge is 0.349 e. The van der Waals surface area contributed by atoms with Crippen molar-refractivity contribution < 1.29 is 18.8 Å². The maximum Gasteiger partial charge on any atom is 0.349 e. The fourth-order valence-electron chi connectivity index (χ4n) is 3.44. The van der Waals surface area contributed by atoms with Crippen molar-refractivity contribution in [3.05, 3.63) is 99.2 Å². The van der Waals surface area contributed by atoms with E-state index in [1.54, 1.807) is 79.7 Å². The first-order chi connectivity index (χ1) is 16.9. The van der Waals surface area contributed by atoms with Crippen LogP contribution in [-0.2, 0) is 0 Å². The highest BCUT2D eigenvalue weighted by molar-refractivity contribution is 6.33. The number of allylic oxidation sites excluding steroid dienone is 1. The normalized spacial score (nSPS) is 11.1. The van der Waals surface area contributed by atoms with Crippen LogP contribution in [0.15, 0.2) is 71.3 Å². The SMILES string of the molecule is COc1cc(C=C(C#N)c2ccc(Cl)cc2)ccc1OC(=O)c1c(-c2ccccc2Cl)noc1C. The van der Waals surface area contributed by atoms with Crippen molar-refractivity contribution in [2.45, 2.75) is 6.92 Å². The Morgan fingerprint density at radius 2 is 1.80 bits per heavy atom. The second-order valence-electron chi connectivity index (χ2n) is 7.42.